The molecule has 2 fully saturated rings. The van der Waals surface area contributed by atoms with E-state index in [1.54, 1.807) is 34.6 Å². The third-order valence-corrected chi connectivity index (χ3v) is 4.87. The highest BCUT2D eigenvalue weighted by atomic mass is 16.9. The second-order valence-corrected chi connectivity index (χ2v) is 6.56. The lowest BCUT2D eigenvalue weighted by molar-refractivity contribution is -0.303. The maximum absolute atomic E-state index is 10.9. The van der Waals surface area contributed by atoms with Crippen LogP contribution in [0, 0.1) is 0 Å². The molecular formula is C13H24O6. The van der Waals surface area contributed by atoms with Gasteiger partial charge in [-0.3, -0.25) is 0 Å². The van der Waals surface area contributed by atoms with Gasteiger partial charge >= 0.3 is 0 Å². The molecule has 112 valence electrons. The zero-order chi connectivity index (χ0) is 14.9. The van der Waals surface area contributed by atoms with Crippen molar-refractivity contribution in [1.29, 1.82) is 0 Å². The molecule has 2 aliphatic rings. The Kier molecular flexibility index (Phi) is 2.94. The molecule has 0 bridgehead atoms. The smallest absolute Gasteiger partial charge is 0.201 e. The Morgan fingerprint density at radius 1 is 0.947 bits per heavy atom. The molecule has 0 aromatic carbocycles. The minimum atomic E-state index is -1.55. The fourth-order valence-corrected chi connectivity index (χ4v) is 3.38. The van der Waals surface area contributed by atoms with Gasteiger partial charge in [-0.15, -0.1) is 0 Å². The summed E-state index contributed by atoms with van der Waals surface area (Å²) in [5, 5.41) is 30.2. The van der Waals surface area contributed by atoms with E-state index in [-0.39, 0.29) is 0 Å². The van der Waals surface area contributed by atoms with E-state index in [0.29, 0.717) is 0 Å². The molecule has 0 spiro atoms. The molecule has 2 aliphatic heterocycles. The molecule has 2 rings (SSSR count). The van der Waals surface area contributed by atoms with E-state index in [2.05, 4.69) is 0 Å². The largest absolute Gasteiger partial charge is 0.394 e. The number of fused-ring (bicyclic) bond motifs is 1. The van der Waals surface area contributed by atoms with Crippen LogP contribution in [0.3, 0.4) is 0 Å². The maximum Gasteiger partial charge on any atom is 0.201 e. The minimum absolute atomic E-state index is 0.526. The van der Waals surface area contributed by atoms with Crippen LogP contribution >= 0.6 is 0 Å². The van der Waals surface area contributed by atoms with Crippen LogP contribution in [-0.2, 0) is 14.2 Å². The van der Waals surface area contributed by atoms with Crippen molar-refractivity contribution in [3.63, 3.8) is 0 Å². The van der Waals surface area contributed by atoms with Crippen molar-refractivity contribution in [3.05, 3.63) is 0 Å². The summed E-state index contributed by atoms with van der Waals surface area (Å²) < 4.78 is 17.5. The van der Waals surface area contributed by atoms with Gasteiger partial charge in [-0.05, 0) is 41.5 Å². The van der Waals surface area contributed by atoms with Crippen LogP contribution in [0.25, 0.3) is 0 Å². The van der Waals surface area contributed by atoms with Crippen LogP contribution in [0.4, 0.5) is 0 Å². The summed E-state index contributed by atoms with van der Waals surface area (Å²) in [4.78, 5) is 0. The molecule has 6 heteroatoms. The summed E-state index contributed by atoms with van der Waals surface area (Å²) in [6.07, 6.45) is -1.25. The summed E-state index contributed by atoms with van der Waals surface area (Å²) in [5.74, 6) is -2.12. The van der Waals surface area contributed by atoms with Gasteiger partial charge in [0.2, 0.25) is 5.79 Å². The van der Waals surface area contributed by atoms with Gasteiger partial charge in [0, 0.05) is 0 Å². The molecule has 0 aromatic rings. The first-order valence-corrected chi connectivity index (χ1v) is 6.47. The average molecular weight is 276 g/mol. The van der Waals surface area contributed by atoms with Crippen molar-refractivity contribution in [1.82, 2.24) is 0 Å². The Hall–Kier alpha value is -0.240. The number of ether oxygens (including phenoxy) is 3. The first kappa shape index (κ1) is 15.2. The average Bonchev–Trinajstić information content (AvgIpc) is 2.48. The fourth-order valence-electron chi connectivity index (χ4n) is 3.38. The summed E-state index contributed by atoms with van der Waals surface area (Å²) >= 11 is 0. The van der Waals surface area contributed by atoms with Crippen LogP contribution in [0.2, 0.25) is 0 Å². The number of hydrogen-bond donors (Lipinski definition) is 3. The van der Waals surface area contributed by atoms with Gasteiger partial charge in [0.15, 0.2) is 11.4 Å². The first-order chi connectivity index (χ1) is 8.35. The van der Waals surface area contributed by atoms with Crippen molar-refractivity contribution in [2.24, 2.45) is 0 Å². The molecular weight excluding hydrogens is 252 g/mol. The third-order valence-electron chi connectivity index (χ3n) is 4.87. The fraction of sp³-hybridized carbons (Fsp3) is 1.00. The van der Waals surface area contributed by atoms with E-state index in [9.17, 15) is 15.3 Å². The van der Waals surface area contributed by atoms with Crippen LogP contribution < -0.4 is 0 Å². The predicted molar refractivity (Wildman–Crippen MR) is 66.3 cm³/mol. The molecule has 5 atom stereocenters. The topological polar surface area (TPSA) is 88.4 Å². The Morgan fingerprint density at radius 2 is 1.47 bits per heavy atom. The molecule has 19 heavy (non-hydrogen) atoms. The van der Waals surface area contributed by atoms with E-state index >= 15 is 0 Å². The Labute approximate surface area is 113 Å². The molecule has 2 heterocycles. The highest BCUT2D eigenvalue weighted by Crippen LogP contribution is 2.61. The van der Waals surface area contributed by atoms with Crippen LogP contribution in [0.5, 0.6) is 0 Å². The Bertz CT molecular complexity index is 395. The van der Waals surface area contributed by atoms with E-state index < -0.39 is 41.1 Å². The van der Waals surface area contributed by atoms with Crippen molar-refractivity contribution in [2.75, 3.05) is 6.61 Å². The van der Waals surface area contributed by atoms with E-state index in [1.807, 2.05) is 0 Å². The monoisotopic (exact) mass is 276 g/mol. The van der Waals surface area contributed by atoms with Gasteiger partial charge in [-0.25, -0.2) is 0 Å². The van der Waals surface area contributed by atoms with Gasteiger partial charge < -0.3 is 29.5 Å². The standard InChI is InChI=1S/C13H24O6/c1-9(2)17-12(5)11(4,16)10(3,8(15)7-14)19-13(12,6)18-9/h8,14-16H,7H2,1-6H3/t8?,10?,11?,12-,13?/m1/s1. The van der Waals surface area contributed by atoms with E-state index in [0.717, 1.165) is 0 Å². The summed E-state index contributed by atoms with van der Waals surface area (Å²) in [6.45, 7) is 9.39. The van der Waals surface area contributed by atoms with Gasteiger partial charge in [0.25, 0.3) is 0 Å². The van der Waals surface area contributed by atoms with Crippen molar-refractivity contribution in [3.8, 4) is 0 Å². The lowest BCUT2D eigenvalue weighted by Gasteiger charge is -2.44. The number of hydrogen-bond acceptors (Lipinski definition) is 6. The maximum atomic E-state index is 10.9. The third kappa shape index (κ3) is 1.58. The molecule has 0 radical (unpaired) electrons. The molecule has 0 aliphatic carbocycles. The zero-order valence-electron chi connectivity index (χ0n) is 12.4. The highest BCUT2D eigenvalue weighted by molar-refractivity contribution is 5.23. The second kappa shape index (κ2) is 3.69. The first-order valence-electron chi connectivity index (χ1n) is 6.47. The molecule has 6 nitrogen and oxygen atoms in total. The van der Waals surface area contributed by atoms with Crippen molar-refractivity contribution >= 4 is 0 Å². The SMILES string of the molecule is CC1(C)OC2(C)OC(C)(C(O)CO)C(C)(O)[C@@]2(C)O1. The molecule has 0 aromatic heterocycles. The second-order valence-electron chi connectivity index (χ2n) is 6.56. The summed E-state index contributed by atoms with van der Waals surface area (Å²) in [7, 11) is 0. The van der Waals surface area contributed by atoms with Crippen LogP contribution in [-0.4, -0.2) is 56.4 Å². The Morgan fingerprint density at radius 3 is 1.89 bits per heavy atom. The number of rotatable bonds is 2. The number of aliphatic hydroxyl groups is 3. The lowest BCUT2D eigenvalue weighted by atomic mass is 9.71. The summed E-state index contributed by atoms with van der Waals surface area (Å²) in [6, 6.07) is 0. The molecule has 0 saturated carbocycles. The van der Waals surface area contributed by atoms with Crippen LogP contribution in [0.15, 0.2) is 0 Å². The van der Waals surface area contributed by atoms with E-state index in [1.165, 1.54) is 6.92 Å². The minimum Gasteiger partial charge on any atom is -0.394 e. The van der Waals surface area contributed by atoms with Gasteiger partial charge in [0.1, 0.15) is 17.3 Å². The molecule has 3 N–H and O–H groups in total. The van der Waals surface area contributed by atoms with Crippen LogP contribution in [0.1, 0.15) is 41.5 Å². The lowest BCUT2D eigenvalue weighted by Crippen LogP contribution is -2.65. The molecule has 0 amide bonds. The molecule has 2 saturated heterocycles. The van der Waals surface area contributed by atoms with Gasteiger partial charge in [0.05, 0.1) is 6.61 Å². The molecule has 4 unspecified atom stereocenters. The summed E-state index contributed by atoms with van der Waals surface area (Å²) in [5.41, 5.74) is -4.12. The quantitative estimate of drug-likeness (QED) is 0.665. The zero-order valence-corrected chi connectivity index (χ0v) is 12.4. The van der Waals surface area contributed by atoms with Gasteiger partial charge in [-0.1, -0.05) is 0 Å². The van der Waals surface area contributed by atoms with Crippen molar-refractivity contribution < 1.29 is 29.5 Å². The van der Waals surface area contributed by atoms with E-state index in [4.69, 9.17) is 14.2 Å². The predicted octanol–water partition coefficient (Wildman–Crippen LogP) is 0.137. The van der Waals surface area contributed by atoms with Gasteiger partial charge in [-0.2, -0.15) is 0 Å². The van der Waals surface area contributed by atoms with Crippen molar-refractivity contribution in [2.45, 2.75) is 76.0 Å². The normalized spacial score (nSPS) is 54.2. The highest BCUT2D eigenvalue weighted by Gasteiger charge is 2.80. The Balaban J connectivity index is 2.52. The number of aliphatic hydroxyl groups excluding tert-OH is 2.